The maximum atomic E-state index is 6.21. The van der Waals surface area contributed by atoms with Crippen molar-refractivity contribution in [2.24, 2.45) is 5.73 Å². The average Bonchev–Trinajstić information content (AvgIpc) is 2.78. The van der Waals surface area contributed by atoms with E-state index in [1.165, 1.54) is 5.56 Å². The van der Waals surface area contributed by atoms with E-state index in [2.05, 4.69) is 37.9 Å². The van der Waals surface area contributed by atoms with Gasteiger partial charge in [0.05, 0.1) is 6.10 Å². The molecule has 0 amide bonds. The van der Waals surface area contributed by atoms with Gasteiger partial charge >= 0.3 is 0 Å². The topological polar surface area (TPSA) is 38.5 Å². The van der Waals surface area contributed by atoms with E-state index >= 15 is 0 Å². The molecule has 2 N–H and O–H groups in total. The molecule has 0 radical (unpaired) electrons. The third kappa shape index (κ3) is 3.29. The second kappa shape index (κ2) is 6.23. The van der Waals surface area contributed by atoms with Gasteiger partial charge in [0, 0.05) is 29.8 Å². The van der Waals surface area contributed by atoms with Crippen molar-refractivity contribution in [3.8, 4) is 0 Å². The predicted molar refractivity (Wildman–Crippen MR) is 79.4 cm³/mol. The molecule has 1 heterocycles. The zero-order valence-electron chi connectivity index (χ0n) is 11.8. The third-order valence-corrected chi connectivity index (χ3v) is 4.26. The molecule has 106 valence electrons. The summed E-state index contributed by atoms with van der Waals surface area (Å²) in [6, 6.07) is 8.64. The number of hydrogen-bond donors (Lipinski definition) is 1. The number of ether oxygens (including phenoxy) is 1. The highest BCUT2D eigenvalue weighted by Crippen LogP contribution is 2.30. The summed E-state index contributed by atoms with van der Waals surface area (Å²) in [7, 11) is 2.14. The Bertz CT molecular complexity index is 407. The lowest BCUT2D eigenvalue weighted by Gasteiger charge is -2.37. The summed E-state index contributed by atoms with van der Waals surface area (Å²) in [6.07, 6.45) is 1.33. The number of likely N-dealkylation sites (N-methyl/N-ethyl adjacent to an activating group) is 1. The van der Waals surface area contributed by atoms with E-state index in [0.29, 0.717) is 6.04 Å². The van der Waals surface area contributed by atoms with Crippen LogP contribution >= 0.6 is 11.6 Å². The second-order valence-corrected chi connectivity index (χ2v) is 5.89. The fourth-order valence-corrected chi connectivity index (χ4v) is 3.16. The van der Waals surface area contributed by atoms with Gasteiger partial charge in [0.25, 0.3) is 0 Å². The molecular formula is C15H23ClN2O. The quantitative estimate of drug-likeness (QED) is 0.923. The Morgan fingerprint density at radius 2 is 2.00 bits per heavy atom. The molecule has 0 aromatic heterocycles. The van der Waals surface area contributed by atoms with Crippen LogP contribution in [0, 0.1) is 0 Å². The first-order valence-electron chi connectivity index (χ1n) is 6.85. The van der Waals surface area contributed by atoms with Gasteiger partial charge < -0.3 is 10.5 Å². The number of halogens is 1. The molecule has 0 spiro atoms. The fraction of sp³-hybridized carbons (Fsp3) is 0.600. The van der Waals surface area contributed by atoms with Crippen LogP contribution in [0.3, 0.4) is 0 Å². The van der Waals surface area contributed by atoms with Gasteiger partial charge in [-0.25, -0.2) is 0 Å². The van der Waals surface area contributed by atoms with Gasteiger partial charge in [-0.2, -0.15) is 0 Å². The molecule has 1 aliphatic heterocycles. The SMILES string of the molecule is CC(N)C(c1ccc(Cl)cc1)N(C)C1CCOC1C. The van der Waals surface area contributed by atoms with Crippen molar-refractivity contribution in [2.75, 3.05) is 13.7 Å². The molecule has 0 saturated carbocycles. The molecule has 2 rings (SSSR count). The molecule has 1 fully saturated rings. The summed E-state index contributed by atoms with van der Waals surface area (Å²) in [4.78, 5) is 2.35. The Kier molecular flexibility index (Phi) is 4.85. The van der Waals surface area contributed by atoms with Crippen molar-refractivity contribution in [3.63, 3.8) is 0 Å². The Morgan fingerprint density at radius 1 is 1.37 bits per heavy atom. The van der Waals surface area contributed by atoms with Crippen molar-refractivity contribution < 1.29 is 4.74 Å². The van der Waals surface area contributed by atoms with E-state index in [9.17, 15) is 0 Å². The molecule has 0 aliphatic carbocycles. The van der Waals surface area contributed by atoms with Gasteiger partial charge in [-0.05, 0) is 45.0 Å². The van der Waals surface area contributed by atoms with Crippen LogP contribution < -0.4 is 5.73 Å². The zero-order chi connectivity index (χ0) is 14.0. The maximum Gasteiger partial charge on any atom is 0.0703 e. The minimum Gasteiger partial charge on any atom is -0.377 e. The van der Waals surface area contributed by atoms with Gasteiger partial charge in [-0.1, -0.05) is 23.7 Å². The van der Waals surface area contributed by atoms with E-state index in [1.807, 2.05) is 12.1 Å². The number of nitrogens with two attached hydrogens (primary N) is 1. The summed E-state index contributed by atoms with van der Waals surface area (Å²) in [5.74, 6) is 0. The highest BCUT2D eigenvalue weighted by molar-refractivity contribution is 6.30. The van der Waals surface area contributed by atoms with Gasteiger partial charge in [-0.3, -0.25) is 4.90 Å². The van der Waals surface area contributed by atoms with Gasteiger partial charge in [0.1, 0.15) is 0 Å². The summed E-state index contributed by atoms with van der Waals surface area (Å²) in [6.45, 7) is 5.02. The highest BCUT2D eigenvalue weighted by Gasteiger charge is 2.33. The average molecular weight is 283 g/mol. The summed E-state index contributed by atoms with van der Waals surface area (Å²) >= 11 is 5.96. The Balaban J connectivity index is 2.22. The van der Waals surface area contributed by atoms with Crippen molar-refractivity contribution in [3.05, 3.63) is 34.9 Å². The number of nitrogens with zero attached hydrogens (tertiary/aromatic N) is 1. The smallest absolute Gasteiger partial charge is 0.0703 e. The lowest BCUT2D eigenvalue weighted by atomic mass is 9.96. The lowest BCUT2D eigenvalue weighted by Crippen LogP contribution is -2.45. The Hall–Kier alpha value is -0.610. The van der Waals surface area contributed by atoms with E-state index in [1.54, 1.807) is 0 Å². The maximum absolute atomic E-state index is 6.21. The molecular weight excluding hydrogens is 260 g/mol. The predicted octanol–water partition coefficient (Wildman–Crippen LogP) is 2.84. The lowest BCUT2D eigenvalue weighted by molar-refractivity contribution is 0.0626. The normalized spacial score (nSPS) is 26.6. The van der Waals surface area contributed by atoms with Crippen molar-refractivity contribution in [1.82, 2.24) is 4.90 Å². The molecule has 1 aliphatic rings. The third-order valence-electron chi connectivity index (χ3n) is 4.01. The highest BCUT2D eigenvalue weighted by atomic mass is 35.5. The second-order valence-electron chi connectivity index (χ2n) is 5.45. The van der Waals surface area contributed by atoms with Crippen molar-refractivity contribution >= 4 is 11.6 Å². The van der Waals surface area contributed by atoms with Crippen LogP contribution in [0.5, 0.6) is 0 Å². The molecule has 1 aromatic rings. The molecule has 3 nitrogen and oxygen atoms in total. The number of benzene rings is 1. The Morgan fingerprint density at radius 3 is 2.47 bits per heavy atom. The van der Waals surface area contributed by atoms with E-state index in [4.69, 9.17) is 22.1 Å². The molecule has 4 unspecified atom stereocenters. The van der Waals surface area contributed by atoms with E-state index in [0.717, 1.165) is 18.1 Å². The zero-order valence-corrected chi connectivity index (χ0v) is 12.6. The molecule has 0 bridgehead atoms. The Labute approximate surface area is 120 Å². The molecule has 4 heteroatoms. The van der Waals surface area contributed by atoms with Crippen molar-refractivity contribution in [1.29, 1.82) is 0 Å². The van der Waals surface area contributed by atoms with E-state index < -0.39 is 0 Å². The summed E-state index contributed by atoms with van der Waals surface area (Å²) < 4.78 is 5.67. The van der Waals surface area contributed by atoms with Crippen LogP contribution in [0.2, 0.25) is 5.02 Å². The van der Waals surface area contributed by atoms with Gasteiger partial charge in [0.2, 0.25) is 0 Å². The summed E-state index contributed by atoms with van der Waals surface area (Å²) in [5.41, 5.74) is 7.41. The standard InChI is InChI=1S/C15H23ClN2O/c1-10(17)15(12-4-6-13(16)7-5-12)18(3)14-8-9-19-11(14)2/h4-7,10-11,14-15H,8-9,17H2,1-3H3. The van der Waals surface area contributed by atoms with E-state index in [-0.39, 0.29) is 18.2 Å². The first-order valence-corrected chi connectivity index (χ1v) is 7.23. The molecule has 1 saturated heterocycles. The fourth-order valence-electron chi connectivity index (χ4n) is 3.03. The first-order chi connectivity index (χ1) is 9.00. The molecule has 1 aromatic carbocycles. The van der Waals surface area contributed by atoms with Crippen LogP contribution in [0.4, 0.5) is 0 Å². The van der Waals surface area contributed by atoms with Gasteiger partial charge in [0.15, 0.2) is 0 Å². The minimum atomic E-state index is 0.0546. The van der Waals surface area contributed by atoms with Crippen LogP contribution in [0.15, 0.2) is 24.3 Å². The van der Waals surface area contributed by atoms with Crippen LogP contribution in [-0.2, 0) is 4.74 Å². The van der Waals surface area contributed by atoms with Crippen LogP contribution in [0.25, 0.3) is 0 Å². The van der Waals surface area contributed by atoms with Crippen molar-refractivity contribution in [2.45, 2.75) is 44.5 Å². The van der Waals surface area contributed by atoms with Crippen LogP contribution in [-0.4, -0.2) is 36.7 Å². The molecule has 19 heavy (non-hydrogen) atoms. The van der Waals surface area contributed by atoms with Gasteiger partial charge in [-0.15, -0.1) is 0 Å². The minimum absolute atomic E-state index is 0.0546. The number of hydrogen-bond acceptors (Lipinski definition) is 3. The largest absolute Gasteiger partial charge is 0.377 e. The molecule has 4 atom stereocenters. The first kappa shape index (κ1) is 14.8. The monoisotopic (exact) mass is 282 g/mol. The summed E-state index contributed by atoms with van der Waals surface area (Å²) in [5, 5.41) is 0.757. The number of rotatable bonds is 4. The van der Waals surface area contributed by atoms with Crippen LogP contribution in [0.1, 0.15) is 31.9 Å².